The fourth-order valence-electron chi connectivity index (χ4n) is 2.85. The van der Waals surface area contributed by atoms with Crippen molar-refractivity contribution in [3.05, 3.63) is 0 Å². The second-order valence-electron chi connectivity index (χ2n) is 4.62. The van der Waals surface area contributed by atoms with E-state index in [1.807, 2.05) is 0 Å². The molecule has 1 aliphatic heterocycles. The third-order valence-corrected chi connectivity index (χ3v) is 3.69. The van der Waals surface area contributed by atoms with Gasteiger partial charge in [-0.2, -0.15) is 0 Å². The molecule has 0 radical (unpaired) electrons. The van der Waals surface area contributed by atoms with E-state index in [-0.39, 0.29) is 0 Å². The topological polar surface area (TPSA) is 15.3 Å². The highest BCUT2D eigenvalue weighted by atomic mass is 15.2. The maximum Gasteiger partial charge on any atom is 0.0122 e. The first kappa shape index (κ1) is 9.47. The number of hydrogen-bond acceptors (Lipinski definition) is 2. The lowest BCUT2D eigenvalue weighted by Crippen LogP contribution is -2.51. The standard InChI is InChI=1S/C11H22N2/c1-10-4-2-3-5-11(10)13-8-6-12-7-9-13/h10-12H,2-9H2,1H3/t10-,11+/m1/s1. The van der Waals surface area contributed by atoms with Gasteiger partial charge in [-0.1, -0.05) is 19.8 Å². The molecule has 1 saturated heterocycles. The minimum Gasteiger partial charge on any atom is -0.314 e. The molecule has 0 aromatic heterocycles. The molecule has 1 saturated carbocycles. The predicted molar refractivity (Wildman–Crippen MR) is 55.9 cm³/mol. The predicted octanol–water partition coefficient (Wildman–Crippen LogP) is 1.47. The molecular formula is C11H22N2. The summed E-state index contributed by atoms with van der Waals surface area (Å²) in [5.74, 6) is 0.937. The molecule has 2 atom stereocenters. The van der Waals surface area contributed by atoms with Gasteiger partial charge in [-0.05, 0) is 18.8 Å². The first-order chi connectivity index (χ1) is 6.38. The van der Waals surface area contributed by atoms with E-state index < -0.39 is 0 Å². The van der Waals surface area contributed by atoms with Crippen LogP contribution in [0.4, 0.5) is 0 Å². The van der Waals surface area contributed by atoms with Crippen molar-refractivity contribution in [2.24, 2.45) is 5.92 Å². The normalized spacial score (nSPS) is 37.6. The summed E-state index contributed by atoms with van der Waals surface area (Å²) >= 11 is 0. The van der Waals surface area contributed by atoms with Crippen molar-refractivity contribution in [2.45, 2.75) is 38.6 Å². The zero-order valence-corrected chi connectivity index (χ0v) is 8.76. The van der Waals surface area contributed by atoms with Gasteiger partial charge in [0.15, 0.2) is 0 Å². The molecule has 0 unspecified atom stereocenters. The Bertz CT molecular complexity index is 152. The van der Waals surface area contributed by atoms with Crippen molar-refractivity contribution >= 4 is 0 Å². The van der Waals surface area contributed by atoms with Gasteiger partial charge in [0.1, 0.15) is 0 Å². The molecule has 2 aliphatic rings. The summed E-state index contributed by atoms with van der Waals surface area (Å²) in [4.78, 5) is 2.71. The Hall–Kier alpha value is -0.0800. The van der Waals surface area contributed by atoms with E-state index in [2.05, 4.69) is 17.1 Å². The summed E-state index contributed by atoms with van der Waals surface area (Å²) in [6.45, 7) is 7.38. The second-order valence-corrected chi connectivity index (χ2v) is 4.62. The van der Waals surface area contributed by atoms with Crippen LogP contribution in [-0.2, 0) is 0 Å². The summed E-state index contributed by atoms with van der Waals surface area (Å²) in [7, 11) is 0. The third-order valence-electron chi connectivity index (χ3n) is 3.69. The molecule has 2 nitrogen and oxygen atoms in total. The largest absolute Gasteiger partial charge is 0.314 e. The minimum absolute atomic E-state index is 0.899. The van der Waals surface area contributed by atoms with E-state index in [1.165, 1.54) is 51.9 Å². The van der Waals surface area contributed by atoms with Gasteiger partial charge in [-0.25, -0.2) is 0 Å². The van der Waals surface area contributed by atoms with Crippen LogP contribution in [0.2, 0.25) is 0 Å². The van der Waals surface area contributed by atoms with Crippen molar-refractivity contribution in [1.29, 1.82) is 0 Å². The summed E-state index contributed by atoms with van der Waals surface area (Å²) in [5.41, 5.74) is 0. The number of nitrogens with one attached hydrogen (secondary N) is 1. The molecule has 76 valence electrons. The molecule has 0 bridgehead atoms. The molecule has 1 heterocycles. The molecule has 1 aliphatic carbocycles. The van der Waals surface area contributed by atoms with Crippen molar-refractivity contribution in [3.8, 4) is 0 Å². The Balaban J connectivity index is 1.88. The van der Waals surface area contributed by atoms with Crippen molar-refractivity contribution in [3.63, 3.8) is 0 Å². The number of piperazine rings is 1. The fourth-order valence-corrected chi connectivity index (χ4v) is 2.85. The van der Waals surface area contributed by atoms with E-state index in [4.69, 9.17) is 0 Å². The van der Waals surface area contributed by atoms with Crippen LogP contribution in [-0.4, -0.2) is 37.1 Å². The minimum atomic E-state index is 0.899. The van der Waals surface area contributed by atoms with Crippen LogP contribution in [0.5, 0.6) is 0 Å². The van der Waals surface area contributed by atoms with E-state index in [1.54, 1.807) is 0 Å². The van der Waals surface area contributed by atoms with Gasteiger partial charge in [-0.15, -0.1) is 0 Å². The van der Waals surface area contributed by atoms with Gasteiger partial charge >= 0.3 is 0 Å². The molecule has 13 heavy (non-hydrogen) atoms. The molecule has 0 aromatic carbocycles. The first-order valence-electron chi connectivity index (χ1n) is 5.82. The van der Waals surface area contributed by atoms with Crippen LogP contribution >= 0.6 is 0 Å². The summed E-state index contributed by atoms with van der Waals surface area (Å²) < 4.78 is 0. The summed E-state index contributed by atoms with van der Waals surface area (Å²) in [6, 6.07) is 0.899. The van der Waals surface area contributed by atoms with Crippen LogP contribution < -0.4 is 5.32 Å². The second kappa shape index (κ2) is 4.43. The molecule has 0 amide bonds. The molecular weight excluding hydrogens is 160 g/mol. The fraction of sp³-hybridized carbons (Fsp3) is 1.00. The lowest BCUT2D eigenvalue weighted by atomic mass is 9.84. The van der Waals surface area contributed by atoms with Gasteiger partial charge < -0.3 is 5.32 Å². The highest BCUT2D eigenvalue weighted by Crippen LogP contribution is 2.27. The average Bonchev–Trinajstić information content (AvgIpc) is 2.20. The molecule has 0 spiro atoms. The molecule has 2 fully saturated rings. The Morgan fingerprint density at radius 3 is 2.46 bits per heavy atom. The third kappa shape index (κ3) is 2.23. The van der Waals surface area contributed by atoms with Gasteiger partial charge in [0.2, 0.25) is 0 Å². The Kier molecular flexibility index (Phi) is 3.23. The van der Waals surface area contributed by atoms with Crippen LogP contribution in [0.15, 0.2) is 0 Å². The van der Waals surface area contributed by atoms with E-state index in [0.29, 0.717) is 0 Å². The van der Waals surface area contributed by atoms with Crippen LogP contribution in [0, 0.1) is 5.92 Å². The summed E-state index contributed by atoms with van der Waals surface area (Å²) in [5, 5.41) is 3.43. The number of nitrogens with zero attached hydrogens (tertiary/aromatic N) is 1. The van der Waals surface area contributed by atoms with Gasteiger partial charge in [0.05, 0.1) is 0 Å². The monoisotopic (exact) mass is 182 g/mol. The highest BCUT2D eigenvalue weighted by Gasteiger charge is 2.27. The summed E-state index contributed by atoms with van der Waals surface area (Å²) in [6.07, 6.45) is 5.82. The van der Waals surface area contributed by atoms with E-state index in [9.17, 15) is 0 Å². The van der Waals surface area contributed by atoms with Crippen LogP contribution in [0.25, 0.3) is 0 Å². The Morgan fingerprint density at radius 2 is 1.77 bits per heavy atom. The zero-order chi connectivity index (χ0) is 9.10. The molecule has 2 heteroatoms. The quantitative estimate of drug-likeness (QED) is 0.660. The smallest absolute Gasteiger partial charge is 0.0122 e. The average molecular weight is 182 g/mol. The molecule has 0 aromatic rings. The van der Waals surface area contributed by atoms with Gasteiger partial charge in [-0.3, -0.25) is 4.90 Å². The van der Waals surface area contributed by atoms with Crippen LogP contribution in [0.1, 0.15) is 32.6 Å². The van der Waals surface area contributed by atoms with E-state index in [0.717, 1.165) is 12.0 Å². The highest BCUT2D eigenvalue weighted by molar-refractivity contribution is 4.83. The Morgan fingerprint density at radius 1 is 1.08 bits per heavy atom. The van der Waals surface area contributed by atoms with Crippen LogP contribution in [0.3, 0.4) is 0 Å². The number of hydrogen-bond donors (Lipinski definition) is 1. The Labute approximate surface area is 81.7 Å². The maximum atomic E-state index is 3.43. The first-order valence-corrected chi connectivity index (χ1v) is 5.82. The molecule has 1 N–H and O–H groups in total. The van der Waals surface area contributed by atoms with Gasteiger partial charge in [0, 0.05) is 32.2 Å². The lowest BCUT2D eigenvalue weighted by Gasteiger charge is -2.40. The SMILES string of the molecule is C[C@@H]1CCCC[C@@H]1N1CCNCC1. The number of rotatable bonds is 1. The van der Waals surface area contributed by atoms with Gasteiger partial charge in [0.25, 0.3) is 0 Å². The lowest BCUT2D eigenvalue weighted by molar-refractivity contribution is 0.0988. The molecule has 2 rings (SSSR count). The van der Waals surface area contributed by atoms with Crippen molar-refractivity contribution in [2.75, 3.05) is 26.2 Å². The van der Waals surface area contributed by atoms with Crippen molar-refractivity contribution < 1.29 is 0 Å². The zero-order valence-electron chi connectivity index (χ0n) is 8.76. The van der Waals surface area contributed by atoms with Crippen molar-refractivity contribution in [1.82, 2.24) is 10.2 Å². The maximum absolute atomic E-state index is 3.43. The van der Waals surface area contributed by atoms with E-state index >= 15 is 0 Å².